The van der Waals surface area contributed by atoms with Crippen LogP contribution in [0.5, 0.6) is 0 Å². The molecule has 0 aliphatic heterocycles. The van der Waals surface area contributed by atoms with E-state index in [9.17, 15) is 9.18 Å². The highest BCUT2D eigenvalue weighted by Gasteiger charge is 2.11. The van der Waals surface area contributed by atoms with Crippen molar-refractivity contribution in [2.24, 2.45) is 0 Å². The molecule has 0 saturated carbocycles. The maximum absolute atomic E-state index is 13.3. The lowest BCUT2D eigenvalue weighted by Gasteiger charge is -2.05. The van der Waals surface area contributed by atoms with Crippen molar-refractivity contribution in [3.8, 4) is 0 Å². The molecule has 1 unspecified atom stereocenters. The van der Waals surface area contributed by atoms with Crippen LogP contribution in [-0.4, -0.2) is 5.78 Å². The minimum absolute atomic E-state index is 0.0400. The summed E-state index contributed by atoms with van der Waals surface area (Å²) < 4.78 is 14.2. The number of Topliss-reactive ketones (excluding diaryl/α,β-unsaturated/α-hetero) is 1. The summed E-state index contributed by atoms with van der Waals surface area (Å²) in [7, 11) is 0. The molecule has 1 aromatic rings. The quantitative estimate of drug-likeness (QED) is 0.797. The van der Waals surface area contributed by atoms with Crippen LogP contribution < -0.4 is 0 Å². The van der Waals surface area contributed by atoms with Crippen molar-refractivity contribution >= 4 is 21.7 Å². The number of hydrogen-bond donors (Lipinski definition) is 0. The van der Waals surface area contributed by atoms with Gasteiger partial charge in [0.05, 0.1) is 0 Å². The van der Waals surface area contributed by atoms with Crippen LogP contribution in [0.15, 0.2) is 28.7 Å². The predicted molar refractivity (Wildman–Crippen MR) is 53.3 cm³/mol. The number of ketones is 1. The summed E-state index contributed by atoms with van der Waals surface area (Å²) in [6.07, 6.45) is -1.22. The number of rotatable bonds is 3. The fraction of sp³-hybridized carbons (Fsp3) is 0.300. The Kier molecular flexibility index (Phi) is 3.60. The minimum Gasteiger partial charge on any atom is -0.300 e. The topological polar surface area (TPSA) is 17.1 Å². The summed E-state index contributed by atoms with van der Waals surface area (Å²) in [5.41, 5.74) is 0.554. The summed E-state index contributed by atoms with van der Waals surface area (Å²) >= 11 is 3.26. The summed E-state index contributed by atoms with van der Waals surface area (Å²) in [5.74, 6) is -0.129. The Balaban J connectivity index is 2.71. The Hall–Kier alpha value is -0.700. The first kappa shape index (κ1) is 10.4. The van der Waals surface area contributed by atoms with Crippen molar-refractivity contribution in [2.45, 2.75) is 19.5 Å². The van der Waals surface area contributed by atoms with E-state index in [-0.39, 0.29) is 12.2 Å². The van der Waals surface area contributed by atoms with Gasteiger partial charge in [-0.1, -0.05) is 28.1 Å². The molecule has 0 aromatic heterocycles. The van der Waals surface area contributed by atoms with Gasteiger partial charge in [0.25, 0.3) is 0 Å². The Morgan fingerprint density at radius 1 is 1.46 bits per heavy atom. The zero-order valence-electron chi connectivity index (χ0n) is 7.26. The fourth-order valence-electron chi connectivity index (χ4n) is 1.04. The van der Waals surface area contributed by atoms with E-state index in [1.54, 1.807) is 24.3 Å². The van der Waals surface area contributed by atoms with Gasteiger partial charge >= 0.3 is 0 Å². The van der Waals surface area contributed by atoms with Crippen LogP contribution in [0, 0.1) is 0 Å². The third kappa shape index (κ3) is 3.27. The van der Waals surface area contributed by atoms with Gasteiger partial charge in [-0.05, 0) is 24.6 Å². The number of carbonyl (C=O) groups excluding carboxylic acids is 1. The Labute approximate surface area is 85.1 Å². The molecular weight excluding hydrogens is 235 g/mol. The molecule has 0 aliphatic carbocycles. The summed E-state index contributed by atoms with van der Waals surface area (Å²) in [6, 6.07) is 6.89. The van der Waals surface area contributed by atoms with Gasteiger partial charge in [0.2, 0.25) is 0 Å². The van der Waals surface area contributed by atoms with E-state index in [2.05, 4.69) is 15.9 Å². The first-order valence-electron chi connectivity index (χ1n) is 3.98. The van der Waals surface area contributed by atoms with E-state index in [1.807, 2.05) is 0 Å². The van der Waals surface area contributed by atoms with Gasteiger partial charge in [0.1, 0.15) is 12.0 Å². The van der Waals surface area contributed by atoms with Crippen LogP contribution in [0.3, 0.4) is 0 Å². The molecule has 13 heavy (non-hydrogen) atoms. The smallest absolute Gasteiger partial charge is 0.133 e. The van der Waals surface area contributed by atoms with Gasteiger partial charge in [-0.25, -0.2) is 4.39 Å². The molecular formula is C10H10BrFO. The van der Waals surface area contributed by atoms with Crippen molar-refractivity contribution in [3.63, 3.8) is 0 Å². The molecule has 0 radical (unpaired) electrons. The third-order valence-electron chi connectivity index (χ3n) is 1.70. The standard InChI is InChI=1S/C10H10BrFO/c1-7(13)6-10(12)8-2-4-9(11)5-3-8/h2-5,10H,6H2,1H3. The maximum Gasteiger partial charge on any atom is 0.133 e. The van der Waals surface area contributed by atoms with Crippen LogP contribution >= 0.6 is 15.9 Å². The van der Waals surface area contributed by atoms with Crippen LogP contribution in [0.1, 0.15) is 25.1 Å². The minimum atomic E-state index is -1.18. The van der Waals surface area contributed by atoms with E-state index in [4.69, 9.17) is 0 Å². The van der Waals surface area contributed by atoms with Gasteiger partial charge in [-0.3, -0.25) is 4.79 Å². The van der Waals surface area contributed by atoms with E-state index in [1.165, 1.54) is 6.92 Å². The average molecular weight is 245 g/mol. The van der Waals surface area contributed by atoms with E-state index in [0.717, 1.165) is 4.47 Å². The molecule has 3 heteroatoms. The van der Waals surface area contributed by atoms with Crippen LogP contribution in [0.2, 0.25) is 0 Å². The second-order valence-corrected chi connectivity index (χ2v) is 3.84. The molecule has 0 spiro atoms. The Morgan fingerprint density at radius 2 is 2.00 bits per heavy atom. The zero-order valence-corrected chi connectivity index (χ0v) is 8.84. The summed E-state index contributed by atoms with van der Waals surface area (Å²) in [5, 5.41) is 0. The second kappa shape index (κ2) is 4.51. The first-order chi connectivity index (χ1) is 6.09. The van der Waals surface area contributed by atoms with Gasteiger partial charge in [-0.2, -0.15) is 0 Å². The number of hydrogen-bond acceptors (Lipinski definition) is 1. The van der Waals surface area contributed by atoms with Crippen molar-refractivity contribution in [2.75, 3.05) is 0 Å². The van der Waals surface area contributed by atoms with Crippen LogP contribution in [0.4, 0.5) is 4.39 Å². The van der Waals surface area contributed by atoms with E-state index in [0.29, 0.717) is 5.56 Å². The molecule has 0 saturated heterocycles. The first-order valence-corrected chi connectivity index (χ1v) is 4.78. The monoisotopic (exact) mass is 244 g/mol. The van der Waals surface area contributed by atoms with Gasteiger partial charge < -0.3 is 0 Å². The molecule has 0 bridgehead atoms. The van der Waals surface area contributed by atoms with Crippen LogP contribution in [0.25, 0.3) is 0 Å². The lowest BCUT2D eigenvalue weighted by atomic mass is 10.1. The predicted octanol–water partition coefficient (Wildman–Crippen LogP) is 3.44. The molecule has 0 heterocycles. The Bertz CT molecular complexity index is 294. The summed E-state index contributed by atoms with van der Waals surface area (Å²) in [4.78, 5) is 10.6. The highest BCUT2D eigenvalue weighted by Crippen LogP contribution is 2.22. The fourth-order valence-corrected chi connectivity index (χ4v) is 1.31. The molecule has 0 fully saturated rings. The molecule has 0 amide bonds. The lowest BCUT2D eigenvalue weighted by molar-refractivity contribution is -0.118. The van der Waals surface area contributed by atoms with Crippen molar-refractivity contribution in [3.05, 3.63) is 34.3 Å². The molecule has 1 nitrogen and oxygen atoms in total. The van der Waals surface area contributed by atoms with Gasteiger partial charge in [0.15, 0.2) is 0 Å². The van der Waals surface area contributed by atoms with E-state index >= 15 is 0 Å². The van der Waals surface area contributed by atoms with Crippen molar-refractivity contribution < 1.29 is 9.18 Å². The molecule has 0 aliphatic rings. The SMILES string of the molecule is CC(=O)CC(F)c1ccc(Br)cc1. The molecule has 1 atom stereocenters. The highest BCUT2D eigenvalue weighted by molar-refractivity contribution is 9.10. The number of carbonyl (C=O) groups is 1. The Morgan fingerprint density at radius 3 is 2.46 bits per heavy atom. The highest BCUT2D eigenvalue weighted by atomic mass is 79.9. The average Bonchev–Trinajstić information content (AvgIpc) is 2.04. The largest absolute Gasteiger partial charge is 0.300 e. The molecule has 0 N–H and O–H groups in total. The van der Waals surface area contributed by atoms with Gasteiger partial charge in [-0.15, -0.1) is 0 Å². The van der Waals surface area contributed by atoms with Gasteiger partial charge in [0, 0.05) is 10.9 Å². The summed E-state index contributed by atoms with van der Waals surface area (Å²) in [6.45, 7) is 1.39. The zero-order chi connectivity index (χ0) is 9.84. The number of halogens is 2. The molecule has 1 aromatic carbocycles. The number of alkyl halides is 1. The third-order valence-corrected chi connectivity index (χ3v) is 2.23. The maximum atomic E-state index is 13.3. The van der Waals surface area contributed by atoms with Crippen LogP contribution in [-0.2, 0) is 4.79 Å². The molecule has 70 valence electrons. The lowest BCUT2D eigenvalue weighted by Crippen LogP contribution is -1.98. The second-order valence-electron chi connectivity index (χ2n) is 2.93. The van der Waals surface area contributed by atoms with E-state index < -0.39 is 6.17 Å². The molecule has 1 rings (SSSR count). The normalized spacial score (nSPS) is 12.5. The van der Waals surface area contributed by atoms with Crippen molar-refractivity contribution in [1.29, 1.82) is 0 Å². The van der Waals surface area contributed by atoms with Crippen molar-refractivity contribution in [1.82, 2.24) is 0 Å². The number of benzene rings is 1.